The van der Waals surface area contributed by atoms with Crippen LogP contribution in [-0.2, 0) is 4.79 Å². The molecule has 23 heavy (non-hydrogen) atoms. The predicted octanol–water partition coefficient (Wildman–Crippen LogP) is 4.04. The molecule has 0 aromatic heterocycles. The second-order valence-electron chi connectivity index (χ2n) is 4.47. The van der Waals surface area contributed by atoms with Gasteiger partial charge < -0.3 is 10.6 Å². The van der Waals surface area contributed by atoms with Gasteiger partial charge in [0.05, 0.1) is 5.56 Å². The van der Waals surface area contributed by atoms with Crippen molar-refractivity contribution >= 4 is 45.8 Å². The van der Waals surface area contributed by atoms with E-state index < -0.39 is 18.0 Å². The highest BCUT2D eigenvalue weighted by molar-refractivity contribution is 14.1. The lowest BCUT2D eigenvalue weighted by atomic mass is 10.2. The minimum absolute atomic E-state index is 0.0621. The number of carbonyl (C=O) groups is 2. The summed E-state index contributed by atoms with van der Waals surface area (Å²) >= 11 is 2.01. The van der Waals surface area contributed by atoms with Crippen LogP contribution in [0.1, 0.15) is 10.4 Å². The van der Waals surface area contributed by atoms with Crippen molar-refractivity contribution in [2.75, 3.05) is 10.6 Å². The van der Waals surface area contributed by atoms with Crippen molar-refractivity contribution in [1.82, 2.24) is 0 Å². The van der Waals surface area contributed by atoms with Gasteiger partial charge in [-0.05, 0) is 52.9 Å². The van der Waals surface area contributed by atoms with Gasteiger partial charge in [0.2, 0.25) is 0 Å². The number of anilines is 2. The van der Waals surface area contributed by atoms with Crippen molar-refractivity contribution in [1.29, 1.82) is 0 Å². The van der Waals surface area contributed by atoms with Crippen molar-refractivity contribution in [3.63, 3.8) is 0 Å². The van der Waals surface area contributed by atoms with Crippen LogP contribution in [0.25, 0.3) is 0 Å². The predicted molar refractivity (Wildman–Crippen MR) is 88.2 cm³/mol. The number of amides is 2. The van der Waals surface area contributed by atoms with Crippen LogP contribution < -0.4 is 10.6 Å². The maximum atomic E-state index is 12.2. The molecule has 4 nitrogen and oxygen atoms in total. The fourth-order valence-corrected chi connectivity index (χ4v) is 2.35. The summed E-state index contributed by atoms with van der Waals surface area (Å²) in [5, 5.41) is 4.31. The standard InChI is InChI=1S/C15H10F3IN2O2/c16-15(17,18)14(23)21-10-5-3-4-9(8-10)20-13(22)11-6-1-2-7-12(11)19/h1-8H,(H,20,22)(H,21,23). The van der Waals surface area contributed by atoms with Gasteiger partial charge in [-0.1, -0.05) is 18.2 Å². The number of hydrogen-bond acceptors (Lipinski definition) is 2. The Balaban J connectivity index is 2.13. The zero-order valence-corrected chi connectivity index (χ0v) is 13.6. The summed E-state index contributed by atoms with van der Waals surface area (Å²) in [4.78, 5) is 23.1. The SMILES string of the molecule is O=C(Nc1cccc(NC(=O)C(F)(F)F)c1)c1ccccc1I. The molecule has 0 saturated heterocycles. The summed E-state index contributed by atoms with van der Waals surface area (Å²) in [7, 11) is 0. The van der Waals surface area contributed by atoms with E-state index in [1.807, 2.05) is 22.6 Å². The fourth-order valence-electron chi connectivity index (χ4n) is 1.72. The third-order valence-electron chi connectivity index (χ3n) is 2.75. The van der Waals surface area contributed by atoms with Crippen molar-refractivity contribution in [2.24, 2.45) is 0 Å². The fraction of sp³-hybridized carbons (Fsp3) is 0.0667. The summed E-state index contributed by atoms with van der Waals surface area (Å²) < 4.78 is 37.4. The average Bonchev–Trinajstić information content (AvgIpc) is 2.47. The van der Waals surface area contributed by atoms with Gasteiger partial charge in [0.15, 0.2) is 0 Å². The molecular weight excluding hydrogens is 424 g/mol. The van der Waals surface area contributed by atoms with E-state index in [2.05, 4.69) is 5.32 Å². The lowest BCUT2D eigenvalue weighted by molar-refractivity contribution is -0.167. The molecule has 0 saturated carbocycles. The second-order valence-corrected chi connectivity index (χ2v) is 5.63. The van der Waals surface area contributed by atoms with Gasteiger partial charge in [-0.25, -0.2) is 0 Å². The molecule has 0 aliphatic rings. The first-order chi connectivity index (χ1) is 10.8. The van der Waals surface area contributed by atoms with Crippen LogP contribution in [-0.4, -0.2) is 18.0 Å². The van der Waals surface area contributed by atoms with Crippen LogP contribution in [0, 0.1) is 3.57 Å². The van der Waals surface area contributed by atoms with Crippen LogP contribution in [0.5, 0.6) is 0 Å². The van der Waals surface area contributed by atoms with E-state index in [1.54, 1.807) is 29.6 Å². The molecule has 0 spiro atoms. The Morgan fingerprint density at radius 1 is 0.913 bits per heavy atom. The molecule has 0 radical (unpaired) electrons. The van der Waals surface area contributed by atoms with Gasteiger partial charge in [0.1, 0.15) is 0 Å². The largest absolute Gasteiger partial charge is 0.471 e. The minimum Gasteiger partial charge on any atom is -0.322 e. The number of alkyl halides is 3. The van der Waals surface area contributed by atoms with Crippen LogP contribution in [0.4, 0.5) is 24.5 Å². The van der Waals surface area contributed by atoms with Crippen LogP contribution in [0.15, 0.2) is 48.5 Å². The zero-order chi connectivity index (χ0) is 17.0. The first-order valence-corrected chi connectivity index (χ1v) is 7.39. The van der Waals surface area contributed by atoms with E-state index >= 15 is 0 Å². The third kappa shape index (κ3) is 4.68. The van der Waals surface area contributed by atoms with Crippen molar-refractivity contribution in [3.8, 4) is 0 Å². The first kappa shape index (κ1) is 17.3. The highest BCUT2D eigenvalue weighted by Crippen LogP contribution is 2.21. The Bertz CT molecular complexity index is 747. The molecule has 0 aliphatic heterocycles. The van der Waals surface area contributed by atoms with E-state index in [9.17, 15) is 22.8 Å². The number of halogens is 4. The summed E-state index contributed by atoms with van der Waals surface area (Å²) in [5.74, 6) is -2.46. The molecule has 0 aliphatic carbocycles. The molecule has 2 amide bonds. The number of nitrogens with one attached hydrogen (secondary N) is 2. The molecule has 2 rings (SSSR count). The van der Waals surface area contributed by atoms with Gasteiger partial charge in [-0.2, -0.15) is 13.2 Å². The van der Waals surface area contributed by atoms with E-state index in [1.165, 1.54) is 24.3 Å². The topological polar surface area (TPSA) is 58.2 Å². The van der Waals surface area contributed by atoms with Crippen molar-refractivity contribution in [2.45, 2.75) is 6.18 Å². The second kappa shape index (κ2) is 6.99. The minimum atomic E-state index is -4.97. The quantitative estimate of drug-likeness (QED) is 0.717. The Hall–Kier alpha value is -2.10. The number of benzene rings is 2. The van der Waals surface area contributed by atoms with E-state index in [-0.39, 0.29) is 11.4 Å². The Labute approximate surface area is 143 Å². The monoisotopic (exact) mass is 434 g/mol. The average molecular weight is 434 g/mol. The van der Waals surface area contributed by atoms with Gasteiger partial charge in [-0.3, -0.25) is 9.59 Å². The number of carbonyl (C=O) groups excluding carboxylic acids is 2. The van der Waals surface area contributed by atoms with Crippen LogP contribution in [0.2, 0.25) is 0 Å². The van der Waals surface area contributed by atoms with Gasteiger partial charge >= 0.3 is 12.1 Å². The highest BCUT2D eigenvalue weighted by atomic mass is 127. The molecule has 0 fully saturated rings. The van der Waals surface area contributed by atoms with Crippen molar-refractivity contribution in [3.05, 3.63) is 57.7 Å². The molecule has 2 aromatic carbocycles. The Morgan fingerprint density at radius 2 is 1.52 bits per heavy atom. The molecule has 0 bridgehead atoms. The van der Waals surface area contributed by atoms with Crippen molar-refractivity contribution < 1.29 is 22.8 Å². The summed E-state index contributed by atoms with van der Waals surface area (Å²) in [5.41, 5.74) is 0.653. The van der Waals surface area contributed by atoms with Gasteiger partial charge in [0, 0.05) is 14.9 Å². The Kier molecular flexibility index (Phi) is 5.24. The van der Waals surface area contributed by atoms with Crippen LogP contribution >= 0.6 is 22.6 Å². The van der Waals surface area contributed by atoms with Gasteiger partial charge in [-0.15, -0.1) is 0 Å². The normalized spacial score (nSPS) is 11.0. The number of rotatable bonds is 3. The number of hydrogen-bond donors (Lipinski definition) is 2. The summed E-state index contributed by atoms with van der Waals surface area (Å²) in [6, 6.07) is 12.4. The van der Waals surface area contributed by atoms with Gasteiger partial charge in [0.25, 0.3) is 5.91 Å². The molecule has 0 heterocycles. The maximum Gasteiger partial charge on any atom is 0.471 e. The third-order valence-corrected chi connectivity index (χ3v) is 3.69. The highest BCUT2D eigenvalue weighted by Gasteiger charge is 2.38. The molecule has 0 unspecified atom stereocenters. The van der Waals surface area contributed by atoms with E-state index in [0.29, 0.717) is 5.56 Å². The summed E-state index contributed by atoms with van der Waals surface area (Å²) in [6.45, 7) is 0. The molecule has 8 heteroatoms. The smallest absolute Gasteiger partial charge is 0.322 e. The van der Waals surface area contributed by atoms with E-state index in [0.717, 1.165) is 3.57 Å². The zero-order valence-electron chi connectivity index (χ0n) is 11.4. The molecular formula is C15H10F3IN2O2. The molecule has 0 atom stereocenters. The summed E-state index contributed by atoms with van der Waals surface area (Å²) in [6.07, 6.45) is -4.97. The molecule has 2 aromatic rings. The van der Waals surface area contributed by atoms with E-state index in [4.69, 9.17) is 0 Å². The maximum absolute atomic E-state index is 12.2. The molecule has 120 valence electrons. The Morgan fingerprint density at radius 3 is 2.13 bits per heavy atom. The lowest BCUT2D eigenvalue weighted by Crippen LogP contribution is -2.29. The molecule has 2 N–H and O–H groups in total. The van der Waals surface area contributed by atoms with Crippen LogP contribution in [0.3, 0.4) is 0 Å². The first-order valence-electron chi connectivity index (χ1n) is 6.31. The lowest BCUT2D eigenvalue weighted by Gasteiger charge is -2.10.